The average Bonchev–Trinajstić information content (AvgIpc) is 2.29. The van der Waals surface area contributed by atoms with E-state index >= 15 is 0 Å². The van der Waals surface area contributed by atoms with Gasteiger partial charge in [0.15, 0.2) is 0 Å². The van der Waals surface area contributed by atoms with Crippen LogP contribution >= 0.6 is 11.6 Å². The van der Waals surface area contributed by atoms with Gasteiger partial charge in [-0.1, -0.05) is 11.6 Å². The third-order valence-corrected chi connectivity index (χ3v) is 2.45. The summed E-state index contributed by atoms with van der Waals surface area (Å²) in [5.74, 6) is -0.333. The molecule has 0 amide bonds. The van der Waals surface area contributed by atoms with Crippen LogP contribution < -0.4 is 0 Å². The van der Waals surface area contributed by atoms with Gasteiger partial charge in [-0.25, -0.2) is 9.97 Å². The minimum Gasteiger partial charge on any atom is -0.469 e. The van der Waals surface area contributed by atoms with E-state index in [0.29, 0.717) is 10.7 Å². The Morgan fingerprint density at radius 2 is 2.25 bits per heavy atom. The molecule has 0 atom stereocenters. The number of ether oxygens (including phenoxy) is 1. The smallest absolute Gasteiger partial charge is 0.311 e. The van der Waals surface area contributed by atoms with E-state index in [9.17, 15) is 4.79 Å². The lowest BCUT2D eigenvalue weighted by molar-refractivity contribution is -0.139. The van der Waals surface area contributed by atoms with Crippen LogP contribution in [-0.2, 0) is 16.0 Å². The van der Waals surface area contributed by atoms with E-state index in [1.54, 1.807) is 18.2 Å². The Labute approximate surface area is 97.2 Å². The minimum atomic E-state index is -0.333. The number of methoxy groups -OCH3 is 1. The van der Waals surface area contributed by atoms with Gasteiger partial charge in [-0.05, 0) is 18.2 Å². The molecule has 0 aliphatic carbocycles. The first kappa shape index (κ1) is 10.8. The molecule has 0 fully saturated rings. The number of hydrogen-bond donors (Lipinski definition) is 0. The van der Waals surface area contributed by atoms with E-state index in [4.69, 9.17) is 11.6 Å². The lowest BCUT2D eigenvalue weighted by Crippen LogP contribution is -2.06. The molecular weight excluding hydrogens is 228 g/mol. The van der Waals surface area contributed by atoms with Crippen LogP contribution in [0.4, 0.5) is 0 Å². The molecule has 0 saturated heterocycles. The van der Waals surface area contributed by atoms with Gasteiger partial charge < -0.3 is 4.74 Å². The van der Waals surface area contributed by atoms with Crippen molar-refractivity contribution >= 4 is 28.5 Å². The summed E-state index contributed by atoms with van der Waals surface area (Å²) in [6.07, 6.45) is 1.55. The molecular formula is C11H9ClN2O2. The van der Waals surface area contributed by atoms with Crippen molar-refractivity contribution in [1.82, 2.24) is 9.97 Å². The molecule has 5 heteroatoms. The van der Waals surface area contributed by atoms with Gasteiger partial charge in [0.25, 0.3) is 0 Å². The standard InChI is InChI=1S/C11H9ClN2O2/c1-16-11(15)5-10-8-4-7(12)2-3-9(8)13-6-14-10/h2-4,6H,5H2,1H3. The molecule has 82 valence electrons. The van der Waals surface area contributed by atoms with Gasteiger partial charge in [0, 0.05) is 10.4 Å². The van der Waals surface area contributed by atoms with E-state index in [-0.39, 0.29) is 12.4 Å². The van der Waals surface area contributed by atoms with Gasteiger partial charge in [0.2, 0.25) is 0 Å². The molecule has 1 aromatic heterocycles. The second-order valence-electron chi connectivity index (χ2n) is 3.23. The van der Waals surface area contributed by atoms with Crippen LogP contribution in [0.15, 0.2) is 24.5 Å². The molecule has 0 radical (unpaired) electrons. The van der Waals surface area contributed by atoms with Crippen LogP contribution in [0.25, 0.3) is 10.9 Å². The first-order valence-corrected chi connectivity index (χ1v) is 5.04. The zero-order valence-corrected chi connectivity index (χ0v) is 9.36. The van der Waals surface area contributed by atoms with Crippen LogP contribution in [-0.4, -0.2) is 23.0 Å². The molecule has 0 aliphatic heterocycles. The molecule has 0 aliphatic rings. The number of nitrogens with zero attached hydrogens (tertiary/aromatic N) is 2. The Hall–Kier alpha value is -1.68. The van der Waals surface area contributed by atoms with E-state index in [1.807, 2.05) is 0 Å². The van der Waals surface area contributed by atoms with E-state index in [1.165, 1.54) is 13.4 Å². The fraction of sp³-hybridized carbons (Fsp3) is 0.182. The van der Waals surface area contributed by atoms with Crippen LogP contribution in [0.3, 0.4) is 0 Å². The van der Waals surface area contributed by atoms with Crippen molar-refractivity contribution in [1.29, 1.82) is 0 Å². The van der Waals surface area contributed by atoms with Crippen molar-refractivity contribution in [2.45, 2.75) is 6.42 Å². The van der Waals surface area contributed by atoms with Crippen molar-refractivity contribution in [3.05, 3.63) is 35.2 Å². The number of halogens is 1. The maximum Gasteiger partial charge on any atom is 0.311 e. The summed E-state index contributed by atoms with van der Waals surface area (Å²) in [5.41, 5.74) is 1.39. The van der Waals surface area contributed by atoms with E-state index < -0.39 is 0 Å². The van der Waals surface area contributed by atoms with E-state index in [2.05, 4.69) is 14.7 Å². The van der Waals surface area contributed by atoms with Crippen molar-refractivity contribution < 1.29 is 9.53 Å². The Morgan fingerprint density at radius 3 is 3.00 bits per heavy atom. The summed E-state index contributed by atoms with van der Waals surface area (Å²) in [6.45, 7) is 0. The number of benzene rings is 1. The second-order valence-corrected chi connectivity index (χ2v) is 3.67. The third-order valence-electron chi connectivity index (χ3n) is 2.22. The van der Waals surface area contributed by atoms with Crippen LogP contribution in [0.1, 0.15) is 5.69 Å². The van der Waals surface area contributed by atoms with Crippen LogP contribution in [0.2, 0.25) is 5.02 Å². The number of carbonyl (C=O) groups is 1. The molecule has 2 rings (SSSR count). The molecule has 0 unspecified atom stereocenters. The molecule has 4 nitrogen and oxygen atoms in total. The number of fused-ring (bicyclic) bond motifs is 1. The molecule has 1 heterocycles. The zero-order valence-electron chi connectivity index (χ0n) is 8.61. The average molecular weight is 237 g/mol. The summed E-state index contributed by atoms with van der Waals surface area (Å²) in [7, 11) is 1.35. The number of hydrogen-bond acceptors (Lipinski definition) is 4. The predicted octanol–water partition coefficient (Wildman–Crippen LogP) is 2.00. The van der Waals surface area contributed by atoms with Crippen LogP contribution in [0.5, 0.6) is 0 Å². The highest BCUT2D eigenvalue weighted by Gasteiger charge is 2.09. The lowest BCUT2D eigenvalue weighted by Gasteiger charge is -2.03. The van der Waals surface area contributed by atoms with Gasteiger partial charge in [-0.2, -0.15) is 0 Å². The third kappa shape index (κ3) is 2.12. The molecule has 0 spiro atoms. The van der Waals surface area contributed by atoms with E-state index in [0.717, 1.165) is 10.9 Å². The maximum absolute atomic E-state index is 11.2. The highest BCUT2D eigenvalue weighted by Crippen LogP contribution is 2.20. The fourth-order valence-electron chi connectivity index (χ4n) is 1.43. The van der Waals surface area contributed by atoms with Crippen molar-refractivity contribution in [3.63, 3.8) is 0 Å². The Morgan fingerprint density at radius 1 is 1.44 bits per heavy atom. The molecule has 0 N–H and O–H groups in total. The Balaban J connectivity index is 2.52. The number of carbonyl (C=O) groups excluding carboxylic acids is 1. The normalized spacial score (nSPS) is 10.4. The maximum atomic E-state index is 11.2. The van der Waals surface area contributed by atoms with Crippen molar-refractivity contribution in [2.75, 3.05) is 7.11 Å². The second kappa shape index (κ2) is 4.45. The highest BCUT2D eigenvalue weighted by atomic mass is 35.5. The van der Waals surface area contributed by atoms with Crippen molar-refractivity contribution in [3.8, 4) is 0 Å². The summed E-state index contributed by atoms with van der Waals surface area (Å²) < 4.78 is 4.60. The van der Waals surface area contributed by atoms with Crippen LogP contribution in [0, 0.1) is 0 Å². The topological polar surface area (TPSA) is 52.1 Å². The first-order chi connectivity index (χ1) is 7.70. The quantitative estimate of drug-likeness (QED) is 0.749. The molecule has 0 saturated carbocycles. The van der Waals surface area contributed by atoms with Gasteiger partial charge in [-0.3, -0.25) is 4.79 Å². The fourth-order valence-corrected chi connectivity index (χ4v) is 1.60. The number of aromatic nitrogens is 2. The minimum absolute atomic E-state index is 0.121. The number of rotatable bonds is 2. The molecule has 0 bridgehead atoms. The largest absolute Gasteiger partial charge is 0.469 e. The summed E-state index contributed by atoms with van der Waals surface area (Å²) >= 11 is 5.89. The summed E-state index contributed by atoms with van der Waals surface area (Å²) in [4.78, 5) is 19.4. The summed E-state index contributed by atoms with van der Waals surface area (Å²) in [5, 5.41) is 1.37. The lowest BCUT2D eigenvalue weighted by atomic mass is 10.1. The monoisotopic (exact) mass is 236 g/mol. The summed E-state index contributed by atoms with van der Waals surface area (Å²) in [6, 6.07) is 5.29. The number of esters is 1. The Bertz CT molecular complexity index is 542. The zero-order chi connectivity index (χ0) is 11.5. The Kier molecular flexibility index (Phi) is 3.01. The van der Waals surface area contributed by atoms with Crippen molar-refractivity contribution in [2.24, 2.45) is 0 Å². The SMILES string of the molecule is COC(=O)Cc1ncnc2ccc(Cl)cc12. The molecule has 16 heavy (non-hydrogen) atoms. The van der Waals surface area contributed by atoms with Gasteiger partial charge in [0.05, 0.1) is 24.7 Å². The highest BCUT2D eigenvalue weighted by molar-refractivity contribution is 6.31. The predicted molar refractivity (Wildman–Crippen MR) is 60.3 cm³/mol. The van der Waals surface area contributed by atoms with Gasteiger partial charge >= 0.3 is 5.97 Å². The van der Waals surface area contributed by atoms with Gasteiger partial charge in [0.1, 0.15) is 6.33 Å². The molecule has 1 aromatic carbocycles. The first-order valence-electron chi connectivity index (χ1n) is 4.66. The van der Waals surface area contributed by atoms with Gasteiger partial charge in [-0.15, -0.1) is 0 Å². The molecule has 2 aromatic rings.